The van der Waals surface area contributed by atoms with Crippen LogP contribution in [0.25, 0.3) is 5.57 Å². The minimum absolute atomic E-state index is 0.00325. The van der Waals surface area contributed by atoms with Crippen LogP contribution in [0.2, 0.25) is 10.0 Å². The molecule has 6 rings (SSSR count). The van der Waals surface area contributed by atoms with Gasteiger partial charge in [-0.1, -0.05) is 54.4 Å². The number of piperazine rings is 1. The van der Waals surface area contributed by atoms with Crippen LogP contribution >= 0.6 is 23.2 Å². The average Bonchev–Trinajstić information content (AvgIpc) is 3.88. The maximum Gasteiger partial charge on any atom is 0.252 e. The van der Waals surface area contributed by atoms with Crippen molar-refractivity contribution in [1.82, 2.24) is 15.5 Å². The third-order valence-electron chi connectivity index (χ3n) is 8.40. The van der Waals surface area contributed by atoms with E-state index in [1.54, 1.807) is 13.0 Å². The van der Waals surface area contributed by atoms with Crippen LogP contribution in [0.1, 0.15) is 37.3 Å². The van der Waals surface area contributed by atoms with Crippen molar-refractivity contribution in [2.24, 2.45) is 5.92 Å². The molecule has 0 radical (unpaired) electrons. The molecule has 1 aliphatic carbocycles. The van der Waals surface area contributed by atoms with Crippen LogP contribution in [0.3, 0.4) is 0 Å². The van der Waals surface area contributed by atoms with E-state index in [1.165, 1.54) is 0 Å². The molecular weight excluding hydrogens is 626 g/mol. The zero-order valence-corrected chi connectivity index (χ0v) is 26.2. The van der Waals surface area contributed by atoms with Crippen molar-refractivity contribution in [1.29, 1.82) is 0 Å². The van der Waals surface area contributed by atoms with Gasteiger partial charge in [0.25, 0.3) is 5.91 Å². The van der Waals surface area contributed by atoms with Crippen LogP contribution in [0.15, 0.2) is 60.2 Å². The minimum Gasteiger partial charge on any atom is -0.493 e. The SMILES string of the molecule is C[C@@H](COc1ccc(C2=C(C(=O)N(Cc3cccc(Cl)c3Cl)C3CC3)C3CNCC(C2)N3)cc1)COc1c(F)ccc(F)c1F. The molecule has 3 aromatic carbocycles. The summed E-state index contributed by atoms with van der Waals surface area (Å²) >= 11 is 12.8. The van der Waals surface area contributed by atoms with Gasteiger partial charge in [0.2, 0.25) is 5.82 Å². The monoisotopic (exact) mass is 659 g/mol. The third kappa shape index (κ3) is 7.12. The molecule has 2 aliphatic heterocycles. The van der Waals surface area contributed by atoms with E-state index >= 15 is 0 Å². The molecule has 0 aromatic heterocycles. The second kappa shape index (κ2) is 13.6. The molecule has 1 saturated carbocycles. The van der Waals surface area contributed by atoms with Crippen molar-refractivity contribution in [3.05, 3.63) is 98.8 Å². The third-order valence-corrected chi connectivity index (χ3v) is 9.26. The van der Waals surface area contributed by atoms with Gasteiger partial charge in [-0.05, 0) is 66.3 Å². The number of nitrogens with one attached hydrogen (secondary N) is 2. The summed E-state index contributed by atoms with van der Waals surface area (Å²) < 4.78 is 52.4. The lowest BCUT2D eigenvalue weighted by Crippen LogP contribution is -2.60. The fourth-order valence-corrected chi connectivity index (χ4v) is 6.29. The molecule has 3 aromatic rings. The van der Waals surface area contributed by atoms with Crippen LogP contribution in [-0.2, 0) is 11.3 Å². The Hall–Kier alpha value is -3.24. The van der Waals surface area contributed by atoms with Gasteiger partial charge in [-0.15, -0.1) is 0 Å². The molecule has 2 heterocycles. The quantitative estimate of drug-likeness (QED) is 0.222. The number of ether oxygens (including phenoxy) is 2. The second-order valence-corrected chi connectivity index (χ2v) is 12.8. The van der Waals surface area contributed by atoms with Gasteiger partial charge in [-0.3, -0.25) is 4.79 Å². The number of carbonyl (C=O) groups excluding carboxylic acids is 1. The first-order chi connectivity index (χ1) is 21.7. The highest BCUT2D eigenvalue weighted by molar-refractivity contribution is 6.42. The molecule has 6 nitrogen and oxygen atoms in total. The summed E-state index contributed by atoms with van der Waals surface area (Å²) in [4.78, 5) is 16.3. The molecule has 2 unspecified atom stereocenters. The summed E-state index contributed by atoms with van der Waals surface area (Å²) in [7, 11) is 0. The second-order valence-electron chi connectivity index (χ2n) is 12.0. The molecule has 11 heteroatoms. The molecule has 1 saturated heterocycles. The summed E-state index contributed by atoms with van der Waals surface area (Å²) in [5, 5.41) is 8.04. The lowest BCUT2D eigenvalue weighted by atomic mass is 9.83. The first-order valence-electron chi connectivity index (χ1n) is 15.1. The Kier molecular flexibility index (Phi) is 9.61. The predicted molar refractivity (Wildman–Crippen MR) is 168 cm³/mol. The molecule has 1 amide bonds. The number of halogens is 5. The summed E-state index contributed by atoms with van der Waals surface area (Å²) in [5.74, 6) is -3.85. The predicted octanol–water partition coefficient (Wildman–Crippen LogP) is 6.78. The van der Waals surface area contributed by atoms with Gasteiger partial charge in [0.15, 0.2) is 17.4 Å². The molecular formula is C34H34Cl2F3N3O3. The van der Waals surface area contributed by atoms with E-state index in [4.69, 9.17) is 32.7 Å². The summed E-state index contributed by atoms with van der Waals surface area (Å²) in [6, 6.07) is 14.9. The smallest absolute Gasteiger partial charge is 0.252 e. The zero-order chi connectivity index (χ0) is 31.7. The lowest BCUT2D eigenvalue weighted by molar-refractivity contribution is -0.128. The summed E-state index contributed by atoms with van der Waals surface area (Å²) in [6.45, 7) is 3.81. The molecule has 2 fully saturated rings. The summed E-state index contributed by atoms with van der Waals surface area (Å²) in [5.41, 5.74) is 3.56. The van der Waals surface area contributed by atoms with Crippen molar-refractivity contribution in [2.45, 2.75) is 50.9 Å². The molecule has 2 bridgehead atoms. The van der Waals surface area contributed by atoms with Crippen molar-refractivity contribution in [3.63, 3.8) is 0 Å². The lowest BCUT2D eigenvalue weighted by Gasteiger charge is -2.41. The highest BCUT2D eigenvalue weighted by Gasteiger charge is 2.41. The van der Waals surface area contributed by atoms with E-state index in [0.29, 0.717) is 35.3 Å². The normalized spacial score (nSPS) is 20.1. The van der Waals surface area contributed by atoms with Gasteiger partial charge in [0.05, 0.1) is 29.3 Å². The molecule has 3 aliphatic rings. The average molecular weight is 661 g/mol. The number of carbonyl (C=O) groups is 1. The maximum absolute atomic E-state index is 14.4. The molecule has 45 heavy (non-hydrogen) atoms. The fourth-order valence-electron chi connectivity index (χ4n) is 5.91. The topological polar surface area (TPSA) is 62.8 Å². The van der Waals surface area contributed by atoms with Gasteiger partial charge in [0.1, 0.15) is 5.75 Å². The first kappa shape index (κ1) is 31.7. The molecule has 2 N–H and O–H groups in total. The number of nitrogens with zero attached hydrogens (tertiary/aromatic N) is 1. The molecule has 3 atom stereocenters. The number of fused-ring (bicyclic) bond motifs is 2. The number of benzene rings is 3. The Balaban J connectivity index is 1.17. The van der Waals surface area contributed by atoms with Gasteiger partial charge in [0, 0.05) is 43.2 Å². The van der Waals surface area contributed by atoms with Crippen LogP contribution in [-0.4, -0.2) is 55.2 Å². The summed E-state index contributed by atoms with van der Waals surface area (Å²) in [6.07, 6.45) is 2.60. The first-order valence-corrected chi connectivity index (χ1v) is 15.9. The Morgan fingerprint density at radius 2 is 1.71 bits per heavy atom. The van der Waals surface area contributed by atoms with E-state index in [9.17, 15) is 18.0 Å². The van der Waals surface area contributed by atoms with Crippen LogP contribution in [0.5, 0.6) is 11.5 Å². The number of rotatable bonds is 11. The van der Waals surface area contributed by atoms with Crippen LogP contribution in [0.4, 0.5) is 13.2 Å². The Labute approximate surface area is 270 Å². The highest BCUT2D eigenvalue weighted by atomic mass is 35.5. The van der Waals surface area contributed by atoms with Gasteiger partial charge >= 0.3 is 0 Å². The van der Waals surface area contributed by atoms with Crippen LogP contribution < -0.4 is 20.1 Å². The van der Waals surface area contributed by atoms with Crippen molar-refractivity contribution in [2.75, 3.05) is 26.3 Å². The van der Waals surface area contributed by atoms with E-state index in [1.807, 2.05) is 41.3 Å². The van der Waals surface area contributed by atoms with Gasteiger partial charge in [-0.25, -0.2) is 8.78 Å². The molecule has 0 spiro atoms. The zero-order valence-electron chi connectivity index (χ0n) is 24.7. The number of hydrogen-bond donors (Lipinski definition) is 2. The molecule has 238 valence electrons. The fraction of sp³-hybridized carbons (Fsp3) is 0.382. The Morgan fingerprint density at radius 3 is 2.47 bits per heavy atom. The number of amides is 1. The van der Waals surface area contributed by atoms with E-state index in [-0.39, 0.29) is 43.2 Å². The largest absolute Gasteiger partial charge is 0.493 e. The minimum atomic E-state index is -1.35. The Bertz CT molecular complexity index is 1600. The van der Waals surface area contributed by atoms with E-state index in [2.05, 4.69) is 10.6 Å². The number of hydrogen-bond acceptors (Lipinski definition) is 5. The maximum atomic E-state index is 14.4. The highest BCUT2D eigenvalue weighted by Crippen LogP contribution is 2.38. The van der Waals surface area contributed by atoms with Crippen molar-refractivity contribution >= 4 is 34.7 Å². The van der Waals surface area contributed by atoms with E-state index in [0.717, 1.165) is 53.8 Å². The van der Waals surface area contributed by atoms with Gasteiger partial charge < -0.3 is 25.0 Å². The standard InChI is InChI=1S/C34H34Cl2F3N3O3/c1-19(18-45-33-28(38)12-11-27(37)32(33)39)17-44-24-9-5-20(6-10-24)25-13-22-14-40-15-29(41-22)30(25)34(43)42(23-7-8-23)16-21-3-2-4-26(35)31(21)36/h2-6,9-12,19,22-23,29,40-41H,7-8,13-18H2,1H3/t19-,22?,29?/m0/s1. The van der Waals surface area contributed by atoms with Crippen molar-refractivity contribution in [3.8, 4) is 11.5 Å². The van der Waals surface area contributed by atoms with Crippen LogP contribution in [0, 0.1) is 23.4 Å². The van der Waals surface area contributed by atoms with Crippen molar-refractivity contribution < 1.29 is 27.4 Å². The van der Waals surface area contributed by atoms with E-state index < -0.39 is 23.2 Å². The van der Waals surface area contributed by atoms with Gasteiger partial charge in [-0.2, -0.15) is 4.39 Å². The Morgan fingerprint density at radius 1 is 0.978 bits per heavy atom.